The van der Waals surface area contributed by atoms with Crippen LogP contribution in [0.1, 0.15) is 24.5 Å². The fraction of sp³-hybridized carbons (Fsp3) is 0.500. The Morgan fingerprint density at radius 2 is 2.07 bits per heavy atom. The van der Waals surface area contributed by atoms with Crippen LogP contribution in [0.15, 0.2) is 18.2 Å². The molecule has 1 nitrogen and oxygen atoms in total. The minimum absolute atomic E-state index is 0.917. The van der Waals surface area contributed by atoms with Crippen molar-refractivity contribution in [3.8, 4) is 0 Å². The van der Waals surface area contributed by atoms with Crippen molar-refractivity contribution < 1.29 is 0 Å². The molecular weight excluding hydrogens is 194 g/mol. The molecule has 0 saturated carbocycles. The maximum Gasteiger partial charge on any atom is 0.0440 e. The molecule has 1 aromatic rings. The molecule has 0 aliphatic carbocycles. The van der Waals surface area contributed by atoms with Gasteiger partial charge in [0.1, 0.15) is 0 Å². The molecule has 0 fully saturated rings. The maximum atomic E-state index is 6.17. The molecule has 0 saturated heterocycles. The van der Waals surface area contributed by atoms with Crippen LogP contribution in [0.4, 0.5) is 0 Å². The Labute approximate surface area is 91.5 Å². The van der Waals surface area contributed by atoms with E-state index in [0.717, 1.165) is 30.8 Å². The highest BCUT2D eigenvalue weighted by molar-refractivity contribution is 6.31. The van der Waals surface area contributed by atoms with E-state index in [4.69, 9.17) is 11.6 Å². The highest BCUT2D eigenvalue weighted by Crippen LogP contribution is 2.19. The predicted molar refractivity (Wildman–Crippen MR) is 63.1 cm³/mol. The van der Waals surface area contributed by atoms with E-state index in [2.05, 4.69) is 30.4 Å². The molecule has 0 aliphatic rings. The molecule has 0 amide bonds. The summed E-state index contributed by atoms with van der Waals surface area (Å²) in [6.45, 7) is 3.18. The first-order chi connectivity index (χ1) is 6.77. The fourth-order valence-electron chi connectivity index (χ4n) is 1.49. The number of aryl methyl sites for hydroxylation is 1. The highest BCUT2D eigenvalue weighted by atomic mass is 35.5. The van der Waals surface area contributed by atoms with Crippen molar-refractivity contribution in [2.24, 2.45) is 0 Å². The molecule has 0 aromatic heterocycles. The third-order valence-electron chi connectivity index (χ3n) is 2.30. The zero-order valence-electron chi connectivity index (χ0n) is 8.94. The molecule has 1 N–H and O–H groups in total. The predicted octanol–water partition coefficient (Wildman–Crippen LogP) is 3.05. The average Bonchev–Trinajstić information content (AvgIpc) is 2.19. The molecule has 78 valence electrons. The van der Waals surface area contributed by atoms with Crippen molar-refractivity contribution in [3.63, 3.8) is 0 Å². The van der Waals surface area contributed by atoms with Crippen LogP contribution < -0.4 is 5.32 Å². The zero-order chi connectivity index (χ0) is 10.4. The van der Waals surface area contributed by atoms with Crippen LogP contribution >= 0.6 is 11.6 Å². The summed E-state index contributed by atoms with van der Waals surface area (Å²) in [4.78, 5) is 0. The van der Waals surface area contributed by atoms with Crippen molar-refractivity contribution in [1.29, 1.82) is 0 Å². The van der Waals surface area contributed by atoms with Gasteiger partial charge in [-0.3, -0.25) is 0 Å². The van der Waals surface area contributed by atoms with Gasteiger partial charge in [-0.2, -0.15) is 0 Å². The topological polar surface area (TPSA) is 12.0 Å². The molecule has 1 rings (SSSR count). The van der Waals surface area contributed by atoms with E-state index < -0.39 is 0 Å². The molecule has 0 atom stereocenters. The first-order valence-electron chi connectivity index (χ1n) is 5.19. The van der Waals surface area contributed by atoms with Crippen molar-refractivity contribution in [2.45, 2.75) is 26.2 Å². The summed E-state index contributed by atoms with van der Waals surface area (Å²) in [5, 5.41) is 4.05. The Bertz CT molecular complexity index is 284. The number of halogens is 1. The Balaban J connectivity index is 2.68. The molecule has 0 aliphatic heterocycles. The van der Waals surface area contributed by atoms with Crippen LogP contribution in [0.2, 0.25) is 5.02 Å². The lowest BCUT2D eigenvalue weighted by atomic mass is 10.1. The second-order valence-corrected chi connectivity index (χ2v) is 3.94. The number of benzene rings is 1. The zero-order valence-corrected chi connectivity index (χ0v) is 9.69. The van der Waals surface area contributed by atoms with Crippen LogP contribution in [0.25, 0.3) is 0 Å². The van der Waals surface area contributed by atoms with Crippen LogP contribution in [0, 0.1) is 0 Å². The number of likely N-dealkylation sites (N-methyl/N-ethyl adjacent to an activating group) is 1. The van der Waals surface area contributed by atoms with E-state index in [0.29, 0.717) is 0 Å². The maximum absolute atomic E-state index is 6.17. The van der Waals surface area contributed by atoms with Crippen LogP contribution in [-0.2, 0) is 12.8 Å². The lowest BCUT2D eigenvalue weighted by molar-refractivity contribution is 0.791. The SMILES string of the molecule is CCCc1ccc(CCNC)cc1Cl. The Morgan fingerprint density at radius 3 is 2.64 bits per heavy atom. The van der Waals surface area contributed by atoms with Gasteiger partial charge in [-0.05, 0) is 43.6 Å². The first-order valence-corrected chi connectivity index (χ1v) is 5.57. The summed E-state index contributed by atoms with van der Waals surface area (Å²) in [5.41, 5.74) is 2.58. The van der Waals surface area contributed by atoms with E-state index in [1.807, 2.05) is 7.05 Å². The molecule has 14 heavy (non-hydrogen) atoms. The van der Waals surface area contributed by atoms with Crippen LogP contribution in [0.3, 0.4) is 0 Å². The second-order valence-electron chi connectivity index (χ2n) is 3.53. The summed E-state index contributed by atoms with van der Waals surface area (Å²) in [5.74, 6) is 0. The Kier molecular flexibility index (Phi) is 4.99. The normalized spacial score (nSPS) is 10.5. The van der Waals surface area contributed by atoms with Gasteiger partial charge < -0.3 is 5.32 Å². The van der Waals surface area contributed by atoms with Gasteiger partial charge in [-0.1, -0.05) is 37.1 Å². The van der Waals surface area contributed by atoms with E-state index in [-0.39, 0.29) is 0 Å². The van der Waals surface area contributed by atoms with Gasteiger partial charge in [0, 0.05) is 5.02 Å². The Morgan fingerprint density at radius 1 is 1.29 bits per heavy atom. The molecule has 2 heteroatoms. The number of rotatable bonds is 5. The van der Waals surface area contributed by atoms with E-state index in [9.17, 15) is 0 Å². The smallest absolute Gasteiger partial charge is 0.0440 e. The van der Waals surface area contributed by atoms with Crippen molar-refractivity contribution in [3.05, 3.63) is 34.3 Å². The lowest BCUT2D eigenvalue weighted by Gasteiger charge is -2.06. The van der Waals surface area contributed by atoms with Crippen molar-refractivity contribution in [1.82, 2.24) is 5.32 Å². The summed E-state index contributed by atoms with van der Waals surface area (Å²) >= 11 is 6.17. The van der Waals surface area contributed by atoms with E-state index in [1.54, 1.807) is 0 Å². The van der Waals surface area contributed by atoms with Crippen molar-refractivity contribution >= 4 is 11.6 Å². The number of hydrogen-bond donors (Lipinski definition) is 1. The van der Waals surface area contributed by atoms with E-state index in [1.165, 1.54) is 11.1 Å². The van der Waals surface area contributed by atoms with Crippen molar-refractivity contribution in [2.75, 3.05) is 13.6 Å². The van der Waals surface area contributed by atoms with Gasteiger partial charge >= 0.3 is 0 Å². The third kappa shape index (κ3) is 3.32. The minimum atomic E-state index is 0.917. The molecule has 0 spiro atoms. The van der Waals surface area contributed by atoms with Gasteiger partial charge in [-0.15, -0.1) is 0 Å². The third-order valence-corrected chi connectivity index (χ3v) is 2.65. The van der Waals surface area contributed by atoms with Gasteiger partial charge in [0.25, 0.3) is 0 Å². The first kappa shape index (κ1) is 11.5. The molecule has 1 aromatic carbocycles. The molecule has 0 heterocycles. The minimum Gasteiger partial charge on any atom is -0.319 e. The average molecular weight is 212 g/mol. The van der Waals surface area contributed by atoms with Gasteiger partial charge in [0.15, 0.2) is 0 Å². The molecule has 0 unspecified atom stereocenters. The molecule has 0 bridgehead atoms. The quantitative estimate of drug-likeness (QED) is 0.790. The summed E-state index contributed by atoms with van der Waals surface area (Å²) < 4.78 is 0. The molecular formula is C12H18ClN. The van der Waals surface area contributed by atoms with Gasteiger partial charge in [0.05, 0.1) is 0 Å². The van der Waals surface area contributed by atoms with Gasteiger partial charge in [-0.25, -0.2) is 0 Å². The summed E-state index contributed by atoms with van der Waals surface area (Å²) in [6.07, 6.45) is 3.27. The van der Waals surface area contributed by atoms with Gasteiger partial charge in [0.2, 0.25) is 0 Å². The fourth-order valence-corrected chi connectivity index (χ4v) is 1.79. The summed E-state index contributed by atoms with van der Waals surface area (Å²) in [7, 11) is 1.97. The lowest BCUT2D eigenvalue weighted by Crippen LogP contribution is -2.10. The Hall–Kier alpha value is -0.530. The molecule has 0 radical (unpaired) electrons. The largest absolute Gasteiger partial charge is 0.319 e. The monoisotopic (exact) mass is 211 g/mol. The second kappa shape index (κ2) is 6.05. The number of hydrogen-bond acceptors (Lipinski definition) is 1. The van der Waals surface area contributed by atoms with Crippen LogP contribution in [0.5, 0.6) is 0 Å². The standard InChI is InChI=1S/C12H18ClN/c1-3-4-11-6-5-10(7-8-14-2)9-12(11)13/h5-6,9,14H,3-4,7-8H2,1-2H3. The van der Waals surface area contributed by atoms with E-state index >= 15 is 0 Å². The van der Waals surface area contributed by atoms with Crippen LogP contribution in [-0.4, -0.2) is 13.6 Å². The summed E-state index contributed by atoms with van der Waals surface area (Å²) in [6, 6.07) is 6.41. The highest BCUT2D eigenvalue weighted by Gasteiger charge is 2.00. The number of nitrogens with one attached hydrogen (secondary N) is 1.